The minimum absolute atomic E-state index is 0.309. The number of nitrogens with zero attached hydrogens (tertiary/aromatic N) is 4. The first-order valence-electron chi connectivity index (χ1n) is 5.53. The Bertz CT molecular complexity index is 502. The maximum atomic E-state index is 5.57. The van der Waals surface area contributed by atoms with Gasteiger partial charge >= 0.3 is 0 Å². The number of aromatic nitrogens is 4. The Morgan fingerprint density at radius 1 is 1.38 bits per heavy atom. The van der Waals surface area contributed by atoms with Gasteiger partial charge in [0.2, 0.25) is 0 Å². The number of fused-ring (bicyclic) bond motifs is 1. The van der Waals surface area contributed by atoms with Gasteiger partial charge in [-0.2, -0.15) is 0 Å². The fraction of sp³-hybridized carbons (Fsp3) is 0.545. The van der Waals surface area contributed by atoms with E-state index in [0.29, 0.717) is 12.5 Å². The molecule has 0 aliphatic rings. The molecule has 16 heavy (non-hydrogen) atoms. The first kappa shape index (κ1) is 11.0. The van der Waals surface area contributed by atoms with E-state index in [9.17, 15) is 0 Å². The Balaban J connectivity index is 2.55. The fourth-order valence-corrected chi connectivity index (χ4v) is 1.96. The first-order valence-corrected chi connectivity index (χ1v) is 5.53. The molecule has 0 spiro atoms. The molecule has 0 aliphatic carbocycles. The van der Waals surface area contributed by atoms with Crippen LogP contribution in [0.15, 0.2) is 6.07 Å². The van der Waals surface area contributed by atoms with Crippen molar-refractivity contribution in [3.8, 4) is 0 Å². The molecule has 5 heteroatoms. The smallest absolute Gasteiger partial charge is 0.164 e. The molecule has 2 aromatic rings. The highest BCUT2D eigenvalue weighted by molar-refractivity contribution is 5.40. The van der Waals surface area contributed by atoms with Crippen molar-refractivity contribution >= 4 is 5.65 Å². The number of rotatable bonds is 3. The number of nitrogens with two attached hydrogens (primary N) is 1. The van der Waals surface area contributed by atoms with Gasteiger partial charge in [0.25, 0.3) is 0 Å². The Morgan fingerprint density at radius 3 is 2.81 bits per heavy atom. The van der Waals surface area contributed by atoms with Crippen molar-refractivity contribution < 1.29 is 0 Å². The van der Waals surface area contributed by atoms with E-state index in [-0.39, 0.29) is 0 Å². The maximum Gasteiger partial charge on any atom is 0.164 e. The van der Waals surface area contributed by atoms with Crippen molar-refractivity contribution in [1.82, 2.24) is 19.6 Å². The molecule has 86 valence electrons. The van der Waals surface area contributed by atoms with Crippen molar-refractivity contribution in [2.24, 2.45) is 5.73 Å². The van der Waals surface area contributed by atoms with Gasteiger partial charge in [0.05, 0.1) is 0 Å². The van der Waals surface area contributed by atoms with E-state index < -0.39 is 0 Å². The third-order valence-electron chi connectivity index (χ3n) is 2.75. The summed E-state index contributed by atoms with van der Waals surface area (Å²) in [5.41, 5.74) is 7.40. The predicted octanol–water partition coefficient (Wildman–Crippen LogP) is 1.19. The molecule has 0 bridgehead atoms. The van der Waals surface area contributed by atoms with Gasteiger partial charge in [-0.05, 0) is 26.8 Å². The quantitative estimate of drug-likeness (QED) is 0.842. The van der Waals surface area contributed by atoms with Gasteiger partial charge in [-0.3, -0.25) is 4.40 Å². The molecule has 0 fully saturated rings. The summed E-state index contributed by atoms with van der Waals surface area (Å²) in [6.45, 7) is 6.71. The maximum absolute atomic E-state index is 5.57. The van der Waals surface area contributed by atoms with Crippen LogP contribution in [0.4, 0.5) is 0 Å². The molecule has 2 rings (SSSR count). The molecule has 1 atom stereocenters. The molecule has 1 unspecified atom stereocenters. The summed E-state index contributed by atoms with van der Waals surface area (Å²) in [7, 11) is 0. The molecule has 0 aromatic carbocycles. The van der Waals surface area contributed by atoms with Crippen molar-refractivity contribution in [3.63, 3.8) is 0 Å². The first-order chi connectivity index (χ1) is 7.63. The third kappa shape index (κ3) is 1.78. The van der Waals surface area contributed by atoms with Crippen LogP contribution in [-0.2, 0) is 0 Å². The summed E-state index contributed by atoms with van der Waals surface area (Å²) in [6, 6.07) is 1.94. The zero-order valence-corrected chi connectivity index (χ0v) is 9.94. The van der Waals surface area contributed by atoms with Crippen LogP contribution >= 0.6 is 0 Å². The Labute approximate surface area is 94.7 Å². The van der Waals surface area contributed by atoms with E-state index in [4.69, 9.17) is 5.73 Å². The molecule has 0 amide bonds. The van der Waals surface area contributed by atoms with E-state index in [0.717, 1.165) is 29.4 Å². The van der Waals surface area contributed by atoms with Crippen LogP contribution in [0.25, 0.3) is 5.65 Å². The summed E-state index contributed by atoms with van der Waals surface area (Å²) >= 11 is 0. The lowest BCUT2D eigenvalue weighted by Crippen LogP contribution is -2.09. The minimum atomic E-state index is 0.309. The highest BCUT2D eigenvalue weighted by Crippen LogP contribution is 2.18. The van der Waals surface area contributed by atoms with Gasteiger partial charge < -0.3 is 5.73 Å². The van der Waals surface area contributed by atoms with Crippen LogP contribution in [0.3, 0.4) is 0 Å². The zero-order valence-electron chi connectivity index (χ0n) is 9.94. The second kappa shape index (κ2) is 4.17. The minimum Gasteiger partial charge on any atom is -0.330 e. The van der Waals surface area contributed by atoms with E-state index >= 15 is 0 Å². The van der Waals surface area contributed by atoms with E-state index in [2.05, 4.69) is 22.1 Å². The second-order valence-electron chi connectivity index (χ2n) is 4.17. The summed E-state index contributed by atoms with van der Waals surface area (Å²) in [4.78, 5) is 4.43. The lowest BCUT2D eigenvalue weighted by atomic mass is 10.1. The summed E-state index contributed by atoms with van der Waals surface area (Å²) in [5.74, 6) is 2.19. The van der Waals surface area contributed by atoms with E-state index in [1.165, 1.54) is 0 Å². The van der Waals surface area contributed by atoms with Gasteiger partial charge in [-0.15, -0.1) is 10.2 Å². The Kier molecular flexibility index (Phi) is 2.87. The molecule has 5 nitrogen and oxygen atoms in total. The van der Waals surface area contributed by atoms with Gasteiger partial charge in [-0.25, -0.2) is 4.98 Å². The standard InChI is InChI=1S/C11H17N5/c1-7(4-5-12)11-15-14-10-6-8(2)13-9(3)16(10)11/h6-7H,4-5,12H2,1-3H3. The molecule has 2 aromatic heterocycles. The molecular formula is C11H17N5. The number of aryl methyl sites for hydroxylation is 2. The lowest BCUT2D eigenvalue weighted by molar-refractivity contribution is 0.633. The molecule has 2 N–H and O–H groups in total. The van der Waals surface area contributed by atoms with E-state index in [1.54, 1.807) is 0 Å². The molecule has 0 radical (unpaired) electrons. The highest BCUT2D eigenvalue weighted by Gasteiger charge is 2.14. The molecule has 0 saturated heterocycles. The molecule has 0 aliphatic heterocycles. The van der Waals surface area contributed by atoms with Crippen LogP contribution in [0.1, 0.15) is 36.6 Å². The van der Waals surface area contributed by atoms with Crippen LogP contribution in [-0.4, -0.2) is 26.1 Å². The Hall–Kier alpha value is -1.49. The van der Waals surface area contributed by atoms with E-state index in [1.807, 2.05) is 24.3 Å². The van der Waals surface area contributed by atoms with Gasteiger partial charge in [0, 0.05) is 17.7 Å². The van der Waals surface area contributed by atoms with Gasteiger partial charge in [0.15, 0.2) is 5.65 Å². The highest BCUT2D eigenvalue weighted by atomic mass is 15.3. The number of hydrogen-bond acceptors (Lipinski definition) is 4. The normalized spacial score (nSPS) is 13.2. The van der Waals surface area contributed by atoms with Crippen LogP contribution < -0.4 is 5.73 Å². The van der Waals surface area contributed by atoms with Crippen molar-refractivity contribution in [3.05, 3.63) is 23.4 Å². The second-order valence-corrected chi connectivity index (χ2v) is 4.17. The van der Waals surface area contributed by atoms with Gasteiger partial charge in [0.1, 0.15) is 11.6 Å². The molecular weight excluding hydrogens is 202 g/mol. The average Bonchev–Trinajstić information content (AvgIpc) is 2.61. The predicted molar refractivity (Wildman–Crippen MR) is 62.3 cm³/mol. The fourth-order valence-electron chi connectivity index (χ4n) is 1.96. The topological polar surface area (TPSA) is 69.1 Å². The SMILES string of the molecule is Cc1cc2nnc(C(C)CCN)n2c(C)n1. The third-order valence-corrected chi connectivity index (χ3v) is 2.75. The van der Waals surface area contributed by atoms with Crippen molar-refractivity contribution in [2.75, 3.05) is 6.54 Å². The lowest BCUT2D eigenvalue weighted by Gasteiger charge is -2.09. The number of hydrogen-bond donors (Lipinski definition) is 1. The van der Waals surface area contributed by atoms with Gasteiger partial charge in [-0.1, -0.05) is 6.92 Å². The van der Waals surface area contributed by atoms with Crippen LogP contribution in [0, 0.1) is 13.8 Å². The monoisotopic (exact) mass is 219 g/mol. The summed E-state index contributed by atoms with van der Waals surface area (Å²) < 4.78 is 2.01. The summed E-state index contributed by atoms with van der Waals surface area (Å²) in [5, 5.41) is 8.41. The van der Waals surface area contributed by atoms with Crippen molar-refractivity contribution in [2.45, 2.75) is 33.1 Å². The molecule has 0 saturated carbocycles. The largest absolute Gasteiger partial charge is 0.330 e. The Morgan fingerprint density at radius 2 is 2.12 bits per heavy atom. The summed E-state index contributed by atoms with van der Waals surface area (Å²) in [6.07, 6.45) is 0.911. The van der Waals surface area contributed by atoms with Crippen LogP contribution in [0.2, 0.25) is 0 Å². The zero-order chi connectivity index (χ0) is 11.7. The van der Waals surface area contributed by atoms with Crippen LogP contribution in [0.5, 0.6) is 0 Å². The molecule has 2 heterocycles. The van der Waals surface area contributed by atoms with Crippen molar-refractivity contribution in [1.29, 1.82) is 0 Å². The average molecular weight is 219 g/mol.